The summed E-state index contributed by atoms with van der Waals surface area (Å²) in [4.78, 5) is 26.6. The second kappa shape index (κ2) is 13.7. The summed E-state index contributed by atoms with van der Waals surface area (Å²) in [5.74, 6) is 2.67. The smallest absolute Gasteiger partial charge is 0.224 e. The molecule has 0 atom stereocenters. The Labute approximate surface area is 248 Å². The number of carbonyl (C=O) groups is 1. The minimum absolute atomic E-state index is 0.0607. The summed E-state index contributed by atoms with van der Waals surface area (Å²) in [7, 11) is 5.00. The van der Waals surface area contributed by atoms with Crippen molar-refractivity contribution in [2.24, 2.45) is 0 Å². The van der Waals surface area contributed by atoms with Gasteiger partial charge in [0, 0.05) is 75.7 Å². The molecule has 11 heteroatoms. The highest BCUT2D eigenvalue weighted by Gasteiger charge is 2.24. The molecular weight excluding hydrogens is 534 g/mol. The van der Waals surface area contributed by atoms with Crippen LogP contribution in [-0.4, -0.2) is 92.0 Å². The molecule has 1 saturated heterocycles. The Bertz CT molecular complexity index is 1370. The Kier molecular flexibility index (Phi) is 10.1. The van der Waals surface area contributed by atoms with E-state index in [-0.39, 0.29) is 12.3 Å². The number of benzene rings is 2. The molecule has 1 aromatic heterocycles. The van der Waals surface area contributed by atoms with Crippen LogP contribution in [0.5, 0.6) is 11.5 Å². The van der Waals surface area contributed by atoms with Gasteiger partial charge >= 0.3 is 0 Å². The normalized spacial score (nSPS) is 14.0. The lowest BCUT2D eigenvalue weighted by molar-refractivity contribution is -0.120. The van der Waals surface area contributed by atoms with Crippen LogP contribution < -0.4 is 30.7 Å². The van der Waals surface area contributed by atoms with E-state index < -0.39 is 5.60 Å². The predicted molar refractivity (Wildman–Crippen MR) is 166 cm³/mol. The summed E-state index contributed by atoms with van der Waals surface area (Å²) in [5.41, 5.74) is 9.54. The molecule has 1 aliphatic heterocycles. The molecule has 0 unspecified atom stereocenters. The minimum Gasteiger partial charge on any atom is -0.497 e. The third-order valence-electron chi connectivity index (χ3n) is 7.30. The number of nitrogen functional groups attached to an aromatic ring is 1. The molecule has 1 fully saturated rings. The Morgan fingerprint density at radius 2 is 1.81 bits per heavy atom. The number of aliphatic hydroxyl groups is 1. The molecule has 2 aromatic carbocycles. The molecule has 4 rings (SSSR count). The molecule has 42 heavy (non-hydrogen) atoms. The molecule has 0 bridgehead atoms. The van der Waals surface area contributed by atoms with E-state index in [1.807, 2.05) is 42.6 Å². The summed E-state index contributed by atoms with van der Waals surface area (Å²) < 4.78 is 10.7. The van der Waals surface area contributed by atoms with Crippen LogP contribution in [0.25, 0.3) is 11.1 Å². The van der Waals surface area contributed by atoms with Gasteiger partial charge in [0.05, 0.1) is 26.2 Å². The van der Waals surface area contributed by atoms with Gasteiger partial charge in [0.25, 0.3) is 0 Å². The van der Waals surface area contributed by atoms with Crippen LogP contribution in [0.3, 0.4) is 0 Å². The molecule has 0 radical (unpaired) electrons. The summed E-state index contributed by atoms with van der Waals surface area (Å²) in [6.45, 7) is 8.08. The highest BCUT2D eigenvalue weighted by Crippen LogP contribution is 2.35. The van der Waals surface area contributed by atoms with Crippen molar-refractivity contribution in [1.82, 2.24) is 20.2 Å². The first-order valence-electron chi connectivity index (χ1n) is 14.2. The van der Waals surface area contributed by atoms with E-state index >= 15 is 0 Å². The minimum atomic E-state index is -0.877. The number of rotatable bonds is 12. The monoisotopic (exact) mass is 577 g/mol. The van der Waals surface area contributed by atoms with Gasteiger partial charge in [-0.1, -0.05) is 6.07 Å². The third-order valence-corrected chi connectivity index (χ3v) is 7.30. The van der Waals surface area contributed by atoms with E-state index in [0.29, 0.717) is 36.1 Å². The zero-order valence-corrected chi connectivity index (χ0v) is 25.2. The number of aromatic nitrogens is 2. The number of piperazine rings is 1. The van der Waals surface area contributed by atoms with Crippen molar-refractivity contribution in [3.63, 3.8) is 0 Å². The average Bonchev–Trinajstić information content (AvgIpc) is 2.97. The maximum atomic E-state index is 12.7. The number of nitrogens with one attached hydrogen (secondary N) is 2. The van der Waals surface area contributed by atoms with Gasteiger partial charge in [-0.15, -0.1) is 0 Å². The standard InChI is InChI=1S/C31H43N7O4/c1-31(2,40)19-21-6-7-23(32)18-25(21)26-20-35-30(33-3)36-29(26)38-14-12-37(13-15-38)11-10-34-28(39)17-22-16-24(41-4)8-9-27(22)42-5/h6-9,16,18,20,40H,10-15,17,19,32H2,1-5H3,(H,34,39)(H,33,35,36). The first-order chi connectivity index (χ1) is 20.1. The van der Waals surface area contributed by atoms with Crippen molar-refractivity contribution in [3.8, 4) is 22.6 Å². The summed E-state index contributed by atoms with van der Waals surface area (Å²) in [6.07, 6.45) is 2.52. The fourth-order valence-corrected chi connectivity index (χ4v) is 5.18. The molecule has 5 N–H and O–H groups in total. The van der Waals surface area contributed by atoms with Crippen molar-refractivity contribution in [3.05, 3.63) is 53.7 Å². The van der Waals surface area contributed by atoms with Crippen molar-refractivity contribution >= 4 is 23.4 Å². The van der Waals surface area contributed by atoms with Gasteiger partial charge in [0.15, 0.2) is 0 Å². The molecular formula is C31H43N7O4. The van der Waals surface area contributed by atoms with Gasteiger partial charge in [-0.2, -0.15) is 4.98 Å². The van der Waals surface area contributed by atoms with Crippen LogP contribution in [0.4, 0.5) is 17.5 Å². The van der Waals surface area contributed by atoms with E-state index in [2.05, 4.69) is 25.4 Å². The summed E-state index contributed by atoms with van der Waals surface area (Å²) >= 11 is 0. The molecule has 2 heterocycles. The zero-order valence-electron chi connectivity index (χ0n) is 25.2. The lowest BCUT2D eigenvalue weighted by atomic mass is 9.91. The second-order valence-corrected chi connectivity index (χ2v) is 11.1. The first-order valence-corrected chi connectivity index (χ1v) is 14.2. The third kappa shape index (κ3) is 8.01. The maximum Gasteiger partial charge on any atom is 0.224 e. The highest BCUT2D eigenvalue weighted by molar-refractivity contribution is 5.81. The quantitative estimate of drug-likeness (QED) is 0.238. The van der Waals surface area contributed by atoms with Crippen LogP contribution in [0.1, 0.15) is 25.0 Å². The maximum absolute atomic E-state index is 12.7. The molecule has 0 saturated carbocycles. The fourth-order valence-electron chi connectivity index (χ4n) is 5.18. The number of methoxy groups -OCH3 is 2. The van der Waals surface area contributed by atoms with Crippen molar-refractivity contribution < 1.29 is 19.4 Å². The molecule has 3 aromatic rings. The van der Waals surface area contributed by atoms with Crippen LogP contribution in [0, 0.1) is 0 Å². The van der Waals surface area contributed by atoms with Gasteiger partial charge in [0.2, 0.25) is 11.9 Å². The first kappa shape index (κ1) is 30.9. The van der Waals surface area contributed by atoms with Crippen molar-refractivity contribution in [1.29, 1.82) is 0 Å². The Morgan fingerprint density at radius 1 is 1.05 bits per heavy atom. The zero-order chi connectivity index (χ0) is 30.3. The number of nitrogens with zero attached hydrogens (tertiary/aromatic N) is 4. The number of amides is 1. The highest BCUT2D eigenvalue weighted by atomic mass is 16.5. The van der Waals surface area contributed by atoms with E-state index in [1.54, 1.807) is 35.1 Å². The Hall–Kier alpha value is -4.09. The van der Waals surface area contributed by atoms with Crippen LogP contribution in [0.15, 0.2) is 42.6 Å². The lowest BCUT2D eigenvalue weighted by Gasteiger charge is -2.36. The molecule has 1 amide bonds. The summed E-state index contributed by atoms with van der Waals surface area (Å²) in [6, 6.07) is 11.2. The molecule has 11 nitrogen and oxygen atoms in total. The number of ether oxygens (including phenoxy) is 2. The van der Waals surface area contributed by atoms with E-state index in [9.17, 15) is 9.90 Å². The Morgan fingerprint density at radius 3 is 2.48 bits per heavy atom. The number of carbonyl (C=O) groups excluding carboxylic acids is 1. The van der Waals surface area contributed by atoms with Gasteiger partial charge in [-0.05, 0) is 55.3 Å². The van der Waals surface area contributed by atoms with Gasteiger partial charge in [0.1, 0.15) is 17.3 Å². The van der Waals surface area contributed by atoms with Gasteiger partial charge in [-0.25, -0.2) is 4.98 Å². The SMILES string of the molecule is CNc1ncc(-c2cc(N)ccc2CC(C)(C)O)c(N2CCN(CCNC(=O)Cc3cc(OC)ccc3OC)CC2)n1. The fraction of sp³-hybridized carbons (Fsp3) is 0.452. The lowest BCUT2D eigenvalue weighted by Crippen LogP contribution is -2.49. The Balaban J connectivity index is 1.39. The van der Waals surface area contributed by atoms with E-state index in [4.69, 9.17) is 20.2 Å². The molecule has 226 valence electrons. The molecule has 0 aliphatic carbocycles. The average molecular weight is 578 g/mol. The number of hydrogen-bond donors (Lipinski definition) is 4. The summed E-state index contributed by atoms with van der Waals surface area (Å²) in [5, 5.41) is 16.6. The largest absolute Gasteiger partial charge is 0.497 e. The topological polar surface area (TPSA) is 138 Å². The predicted octanol–water partition coefficient (Wildman–Crippen LogP) is 2.58. The van der Waals surface area contributed by atoms with Crippen LogP contribution in [0.2, 0.25) is 0 Å². The number of nitrogens with two attached hydrogens (primary N) is 1. The second-order valence-electron chi connectivity index (χ2n) is 11.1. The van der Waals surface area contributed by atoms with Gasteiger partial charge < -0.3 is 35.8 Å². The van der Waals surface area contributed by atoms with Crippen molar-refractivity contribution in [2.45, 2.75) is 32.3 Å². The molecule has 1 aliphatic rings. The van der Waals surface area contributed by atoms with Crippen LogP contribution >= 0.6 is 0 Å². The van der Waals surface area contributed by atoms with Gasteiger partial charge in [-0.3, -0.25) is 9.69 Å². The van der Waals surface area contributed by atoms with Crippen LogP contribution in [-0.2, 0) is 17.6 Å². The number of hydrogen-bond acceptors (Lipinski definition) is 10. The van der Waals surface area contributed by atoms with E-state index in [0.717, 1.165) is 60.8 Å². The van der Waals surface area contributed by atoms with Crippen molar-refractivity contribution in [2.75, 3.05) is 76.5 Å². The number of anilines is 3. The molecule has 0 spiro atoms. The van der Waals surface area contributed by atoms with E-state index in [1.165, 1.54) is 0 Å².